The second-order valence-corrected chi connectivity index (χ2v) is 9.28. The number of ether oxygens (including phenoxy) is 1. The van der Waals surface area contributed by atoms with Gasteiger partial charge in [0.2, 0.25) is 0 Å². The van der Waals surface area contributed by atoms with Crippen molar-refractivity contribution in [2.24, 2.45) is 0 Å². The molecule has 1 heterocycles. The lowest BCUT2D eigenvalue weighted by atomic mass is 10.0. The number of nitrogens with one attached hydrogen (secondary N) is 1. The Balaban J connectivity index is 1.27. The number of alkyl halides is 3. The maximum Gasteiger partial charge on any atom is 0.417 e. The van der Waals surface area contributed by atoms with Gasteiger partial charge in [0.1, 0.15) is 11.9 Å². The average Bonchev–Trinajstić information content (AvgIpc) is 2.91. The largest absolute Gasteiger partial charge is 0.486 e. The zero-order chi connectivity index (χ0) is 26.7. The van der Waals surface area contributed by atoms with Crippen LogP contribution in [0.15, 0.2) is 84.9 Å². The Morgan fingerprint density at radius 1 is 0.974 bits per heavy atom. The molecule has 196 valence electrons. The minimum Gasteiger partial charge on any atom is -0.486 e. The summed E-state index contributed by atoms with van der Waals surface area (Å²) in [6.45, 7) is 1.87. The van der Waals surface area contributed by atoms with Crippen LogP contribution in [0.25, 0.3) is 10.8 Å². The second-order valence-electron chi connectivity index (χ2n) is 9.28. The molecule has 38 heavy (non-hydrogen) atoms. The van der Waals surface area contributed by atoms with Crippen molar-refractivity contribution in [3.63, 3.8) is 0 Å². The van der Waals surface area contributed by atoms with Gasteiger partial charge in [-0.15, -0.1) is 0 Å². The summed E-state index contributed by atoms with van der Waals surface area (Å²) in [5.74, 6) is -1.01. The van der Waals surface area contributed by atoms with Crippen molar-refractivity contribution in [2.45, 2.75) is 25.1 Å². The highest BCUT2D eigenvalue weighted by Gasteiger charge is 2.36. The van der Waals surface area contributed by atoms with E-state index in [9.17, 15) is 23.1 Å². The predicted octanol–water partition coefficient (Wildman–Crippen LogP) is 6.68. The first-order valence-electron chi connectivity index (χ1n) is 12.5. The summed E-state index contributed by atoms with van der Waals surface area (Å²) < 4.78 is 46.3. The number of benzene rings is 4. The molecular weight excluding hydrogens is 493 g/mol. The van der Waals surface area contributed by atoms with Crippen LogP contribution in [-0.2, 0) is 12.6 Å². The first-order valence-corrected chi connectivity index (χ1v) is 12.5. The predicted molar refractivity (Wildman–Crippen MR) is 141 cm³/mol. The minimum absolute atomic E-state index is 0.231. The highest BCUT2D eigenvalue weighted by molar-refractivity contribution is 5.91. The smallest absolute Gasteiger partial charge is 0.417 e. The Kier molecular flexibility index (Phi) is 7.24. The van der Waals surface area contributed by atoms with E-state index in [1.165, 1.54) is 22.4 Å². The van der Waals surface area contributed by atoms with Gasteiger partial charge in [-0.25, -0.2) is 4.79 Å². The molecule has 0 aliphatic carbocycles. The first kappa shape index (κ1) is 25.6. The quantitative estimate of drug-likeness (QED) is 0.254. The molecule has 0 fully saturated rings. The SMILES string of the molecule is O=C(O)c1cc(N2C[C@@H](CCNCCc3cccc4ccccc34)Oc3ccccc32)ccc1C(F)(F)F. The fraction of sp³-hybridized carbons (Fsp3) is 0.233. The molecule has 0 radical (unpaired) electrons. The Hall–Kier alpha value is -4.04. The van der Waals surface area contributed by atoms with E-state index in [-0.39, 0.29) is 6.10 Å². The van der Waals surface area contributed by atoms with E-state index in [4.69, 9.17) is 4.74 Å². The number of halogens is 3. The molecule has 0 saturated carbocycles. The molecule has 0 bridgehead atoms. The van der Waals surface area contributed by atoms with E-state index in [1.807, 2.05) is 41.3 Å². The summed E-state index contributed by atoms with van der Waals surface area (Å²) in [5.41, 5.74) is 0.401. The van der Waals surface area contributed by atoms with E-state index in [1.54, 1.807) is 0 Å². The topological polar surface area (TPSA) is 61.8 Å². The molecule has 4 aromatic carbocycles. The fourth-order valence-corrected chi connectivity index (χ4v) is 4.94. The van der Waals surface area contributed by atoms with Gasteiger partial charge in [-0.3, -0.25) is 0 Å². The van der Waals surface area contributed by atoms with Crippen LogP contribution < -0.4 is 15.0 Å². The van der Waals surface area contributed by atoms with E-state index < -0.39 is 23.3 Å². The van der Waals surface area contributed by atoms with Crippen molar-refractivity contribution in [2.75, 3.05) is 24.5 Å². The molecule has 8 heteroatoms. The number of carbonyl (C=O) groups is 1. The Labute approximate surface area is 218 Å². The molecule has 1 aliphatic rings. The molecule has 5 rings (SSSR count). The van der Waals surface area contributed by atoms with E-state index in [0.717, 1.165) is 25.1 Å². The molecular formula is C30H27F3N2O3. The standard InChI is InChI=1S/C30H27F3N2O3/c31-30(32,33)26-13-12-22(18-25(26)29(36)37)35-19-23(38-28-11-4-3-10-27(28)35)15-17-34-16-14-21-8-5-7-20-6-1-2-9-24(20)21/h1-13,18,23,34H,14-17,19H2,(H,36,37)/t23-/m1/s1. The number of nitrogens with zero attached hydrogens (tertiary/aromatic N) is 1. The molecule has 1 atom stereocenters. The molecule has 4 aromatic rings. The van der Waals surface area contributed by atoms with Crippen LogP contribution in [0.1, 0.15) is 27.9 Å². The highest BCUT2D eigenvalue weighted by atomic mass is 19.4. The zero-order valence-corrected chi connectivity index (χ0v) is 20.5. The maximum absolute atomic E-state index is 13.4. The van der Waals surface area contributed by atoms with Crippen LogP contribution in [0.2, 0.25) is 0 Å². The lowest BCUT2D eigenvalue weighted by Gasteiger charge is -2.36. The molecule has 0 spiro atoms. The number of carboxylic acid groups (broad SMARTS) is 1. The maximum atomic E-state index is 13.4. The third-order valence-electron chi connectivity index (χ3n) is 6.78. The normalized spacial score (nSPS) is 15.2. The average molecular weight is 521 g/mol. The number of para-hydroxylation sites is 2. The van der Waals surface area contributed by atoms with Crippen molar-refractivity contribution in [1.82, 2.24) is 5.32 Å². The summed E-state index contributed by atoms with van der Waals surface area (Å²) in [6, 6.07) is 25.1. The highest BCUT2D eigenvalue weighted by Crippen LogP contribution is 2.40. The summed E-state index contributed by atoms with van der Waals surface area (Å²) >= 11 is 0. The Morgan fingerprint density at radius 3 is 2.55 bits per heavy atom. The van der Waals surface area contributed by atoms with Crippen LogP contribution >= 0.6 is 0 Å². The monoisotopic (exact) mass is 520 g/mol. The molecule has 0 aromatic heterocycles. The van der Waals surface area contributed by atoms with Crippen LogP contribution in [0.4, 0.5) is 24.5 Å². The Morgan fingerprint density at radius 2 is 1.74 bits per heavy atom. The number of fused-ring (bicyclic) bond motifs is 2. The van der Waals surface area contributed by atoms with E-state index >= 15 is 0 Å². The number of hydrogen-bond donors (Lipinski definition) is 2. The first-order chi connectivity index (χ1) is 18.3. The minimum atomic E-state index is -4.75. The van der Waals surface area contributed by atoms with Gasteiger partial charge in [0, 0.05) is 5.69 Å². The third kappa shape index (κ3) is 5.45. The van der Waals surface area contributed by atoms with Gasteiger partial charge in [-0.1, -0.05) is 54.6 Å². The Bertz CT molecular complexity index is 1450. The van der Waals surface area contributed by atoms with Gasteiger partial charge in [0.05, 0.1) is 23.4 Å². The number of aromatic carboxylic acids is 1. The molecule has 0 saturated heterocycles. The van der Waals surface area contributed by atoms with Crippen molar-refractivity contribution >= 4 is 28.1 Å². The molecule has 2 N–H and O–H groups in total. The second kappa shape index (κ2) is 10.8. The molecule has 0 amide bonds. The third-order valence-corrected chi connectivity index (χ3v) is 6.78. The van der Waals surface area contributed by atoms with Crippen LogP contribution in [-0.4, -0.2) is 36.8 Å². The lowest BCUT2D eigenvalue weighted by Crippen LogP contribution is -2.39. The summed E-state index contributed by atoms with van der Waals surface area (Å²) in [5, 5.41) is 15.4. The van der Waals surface area contributed by atoms with Gasteiger partial charge in [-0.05, 0) is 72.6 Å². The number of anilines is 2. The van der Waals surface area contributed by atoms with Crippen molar-refractivity contribution in [3.05, 3.63) is 102 Å². The summed E-state index contributed by atoms with van der Waals surface area (Å²) in [7, 11) is 0. The number of rotatable bonds is 8. The number of carboxylic acids is 1. The van der Waals surface area contributed by atoms with Gasteiger partial charge >= 0.3 is 12.1 Å². The van der Waals surface area contributed by atoms with Crippen LogP contribution in [0.3, 0.4) is 0 Å². The van der Waals surface area contributed by atoms with E-state index in [2.05, 4.69) is 35.6 Å². The van der Waals surface area contributed by atoms with Gasteiger partial charge in [0.15, 0.2) is 0 Å². The fourth-order valence-electron chi connectivity index (χ4n) is 4.94. The van der Waals surface area contributed by atoms with Gasteiger partial charge < -0.3 is 20.1 Å². The zero-order valence-electron chi connectivity index (χ0n) is 20.5. The van der Waals surface area contributed by atoms with Crippen LogP contribution in [0.5, 0.6) is 5.75 Å². The van der Waals surface area contributed by atoms with Gasteiger partial charge in [0.25, 0.3) is 0 Å². The van der Waals surface area contributed by atoms with Gasteiger partial charge in [-0.2, -0.15) is 13.2 Å². The van der Waals surface area contributed by atoms with Crippen molar-refractivity contribution in [1.29, 1.82) is 0 Å². The molecule has 0 unspecified atom stereocenters. The molecule has 5 nitrogen and oxygen atoms in total. The lowest BCUT2D eigenvalue weighted by molar-refractivity contribution is -0.138. The molecule has 1 aliphatic heterocycles. The van der Waals surface area contributed by atoms with Crippen molar-refractivity contribution in [3.8, 4) is 5.75 Å². The summed E-state index contributed by atoms with van der Waals surface area (Å²) in [4.78, 5) is 13.5. The van der Waals surface area contributed by atoms with E-state index in [0.29, 0.717) is 36.6 Å². The number of hydrogen-bond acceptors (Lipinski definition) is 4. The van der Waals surface area contributed by atoms with Crippen LogP contribution in [0, 0.1) is 0 Å². The summed E-state index contributed by atoms with van der Waals surface area (Å²) in [6.07, 6.45) is -3.43. The van der Waals surface area contributed by atoms with Crippen molar-refractivity contribution < 1.29 is 27.8 Å².